The van der Waals surface area contributed by atoms with Gasteiger partial charge in [-0.2, -0.15) is 0 Å². The van der Waals surface area contributed by atoms with E-state index in [1.165, 1.54) is 16.3 Å². The van der Waals surface area contributed by atoms with Crippen LogP contribution in [0.2, 0.25) is 0 Å². The molecular weight excluding hydrogens is 184 g/mol. The smallest absolute Gasteiger partial charge is 0.0465 e. The van der Waals surface area contributed by atoms with Crippen LogP contribution in [0.1, 0.15) is 12.0 Å². The average Bonchev–Trinajstić information content (AvgIpc) is 2.29. The van der Waals surface area contributed by atoms with E-state index in [2.05, 4.69) is 30.3 Å². The Morgan fingerprint density at radius 1 is 1.00 bits per heavy atom. The van der Waals surface area contributed by atoms with Crippen molar-refractivity contribution in [3.8, 4) is 0 Å². The van der Waals surface area contributed by atoms with Crippen LogP contribution >= 0.6 is 0 Å². The lowest BCUT2D eigenvalue weighted by molar-refractivity contribution is 0.303. The highest BCUT2D eigenvalue weighted by Gasteiger charge is 1.92. The van der Waals surface area contributed by atoms with Crippen molar-refractivity contribution in [1.29, 1.82) is 0 Å². The summed E-state index contributed by atoms with van der Waals surface area (Å²) in [5, 5.41) is 11.2. The molecule has 0 aliphatic carbocycles. The van der Waals surface area contributed by atoms with Gasteiger partial charge in [0.05, 0.1) is 0 Å². The van der Waals surface area contributed by atoms with Crippen molar-refractivity contribution in [3.63, 3.8) is 0 Å². The van der Waals surface area contributed by atoms with Crippen molar-refractivity contribution >= 4 is 16.8 Å². The van der Waals surface area contributed by atoms with E-state index in [1.807, 2.05) is 24.3 Å². The monoisotopic (exact) mass is 198 g/mol. The summed E-state index contributed by atoms with van der Waals surface area (Å²) >= 11 is 0. The molecule has 1 N–H and O–H groups in total. The molecule has 0 saturated heterocycles. The van der Waals surface area contributed by atoms with Gasteiger partial charge in [0.15, 0.2) is 0 Å². The van der Waals surface area contributed by atoms with E-state index in [0.29, 0.717) is 6.42 Å². The zero-order valence-corrected chi connectivity index (χ0v) is 8.56. The van der Waals surface area contributed by atoms with Crippen LogP contribution in [-0.2, 0) is 0 Å². The molecule has 0 aliphatic rings. The molecule has 0 unspecified atom stereocenters. The lowest BCUT2D eigenvalue weighted by Gasteiger charge is -1.98. The second-order valence-corrected chi connectivity index (χ2v) is 3.52. The molecule has 0 atom stereocenters. The molecule has 2 rings (SSSR count). The molecule has 0 spiro atoms. The van der Waals surface area contributed by atoms with Gasteiger partial charge < -0.3 is 5.11 Å². The summed E-state index contributed by atoms with van der Waals surface area (Å²) in [4.78, 5) is 0. The summed E-state index contributed by atoms with van der Waals surface area (Å²) in [7, 11) is 0. The first-order chi connectivity index (χ1) is 7.40. The summed E-state index contributed by atoms with van der Waals surface area (Å²) in [6.07, 6.45) is 4.75. The molecule has 1 nitrogen and oxygen atoms in total. The van der Waals surface area contributed by atoms with Crippen LogP contribution in [-0.4, -0.2) is 11.7 Å². The lowest BCUT2D eigenvalue weighted by atomic mass is 10.1. The van der Waals surface area contributed by atoms with Crippen LogP contribution in [0.3, 0.4) is 0 Å². The van der Waals surface area contributed by atoms with E-state index >= 15 is 0 Å². The minimum Gasteiger partial charge on any atom is -0.396 e. The Balaban J connectivity index is 2.30. The van der Waals surface area contributed by atoms with E-state index < -0.39 is 0 Å². The molecule has 2 aromatic rings. The van der Waals surface area contributed by atoms with Crippen molar-refractivity contribution in [2.45, 2.75) is 6.42 Å². The van der Waals surface area contributed by atoms with E-state index in [0.717, 1.165) is 0 Å². The molecule has 0 fully saturated rings. The highest BCUT2D eigenvalue weighted by molar-refractivity contribution is 5.84. The van der Waals surface area contributed by atoms with Crippen LogP contribution in [0, 0.1) is 0 Å². The highest BCUT2D eigenvalue weighted by Crippen LogP contribution is 2.16. The minimum atomic E-state index is 0.212. The van der Waals surface area contributed by atoms with Crippen LogP contribution in [0.4, 0.5) is 0 Å². The van der Waals surface area contributed by atoms with Gasteiger partial charge >= 0.3 is 0 Å². The zero-order valence-electron chi connectivity index (χ0n) is 8.56. The molecule has 0 amide bonds. The first kappa shape index (κ1) is 9.94. The molecule has 0 radical (unpaired) electrons. The van der Waals surface area contributed by atoms with Crippen LogP contribution < -0.4 is 0 Å². The molecule has 15 heavy (non-hydrogen) atoms. The topological polar surface area (TPSA) is 20.2 Å². The van der Waals surface area contributed by atoms with Crippen LogP contribution in [0.25, 0.3) is 16.8 Å². The molecule has 0 heterocycles. The maximum absolute atomic E-state index is 8.66. The standard InChI is InChI=1S/C14H14O/c15-10-4-3-5-12-8-9-13-6-1-2-7-14(13)11-12/h1-3,5-9,11,15H,4,10H2/b5-3+. The van der Waals surface area contributed by atoms with Gasteiger partial charge in [-0.1, -0.05) is 48.6 Å². The summed E-state index contributed by atoms with van der Waals surface area (Å²) in [6.45, 7) is 0.212. The van der Waals surface area contributed by atoms with Gasteiger partial charge in [-0.05, 0) is 28.8 Å². The van der Waals surface area contributed by atoms with Gasteiger partial charge in [0.2, 0.25) is 0 Å². The molecule has 0 aliphatic heterocycles. The molecule has 0 bridgehead atoms. The first-order valence-electron chi connectivity index (χ1n) is 5.16. The fourth-order valence-electron chi connectivity index (χ4n) is 1.61. The number of rotatable bonds is 3. The fourth-order valence-corrected chi connectivity index (χ4v) is 1.61. The largest absolute Gasteiger partial charge is 0.396 e. The predicted octanol–water partition coefficient (Wildman–Crippen LogP) is 3.24. The van der Waals surface area contributed by atoms with E-state index in [1.54, 1.807) is 0 Å². The third-order valence-electron chi connectivity index (χ3n) is 2.38. The van der Waals surface area contributed by atoms with Gasteiger partial charge in [-0.25, -0.2) is 0 Å². The summed E-state index contributed by atoms with van der Waals surface area (Å²) in [5.74, 6) is 0. The third kappa shape index (κ3) is 2.45. The van der Waals surface area contributed by atoms with Gasteiger partial charge in [-0.15, -0.1) is 0 Å². The van der Waals surface area contributed by atoms with Crippen molar-refractivity contribution in [1.82, 2.24) is 0 Å². The number of fused-ring (bicyclic) bond motifs is 1. The Kier molecular flexibility index (Phi) is 3.15. The van der Waals surface area contributed by atoms with Crippen molar-refractivity contribution < 1.29 is 5.11 Å². The van der Waals surface area contributed by atoms with Gasteiger partial charge in [0, 0.05) is 6.61 Å². The quantitative estimate of drug-likeness (QED) is 0.802. The third-order valence-corrected chi connectivity index (χ3v) is 2.38. The Morgan fingerprint density at radius 2 is 1.80 bits per heavy atom. The average molecular weight is 198 g/mol. The minimum absolute atomic E-state index is 0.212. The second kappa shape index (κ2) is 4.76. The molecule has 1 heteroatoms. The lowest BCUT2D eigenvalue weighted by Crippen LogP contribution is -1.77. The Bertz CT molecular complexity index is 471. The number of aliphatic hydroxyl groups is 1. The summed E-state index contributed by atoms with van der Waals surface area (Å²) < 4.78 is 0. The van der Waals surface area contributed by atoms with Crippen LogP contribution in [0.15, 0.2) is 48.5 Å². The number of aliphatic hydroxyl groups excluding tert-OH is 1. The first-order valence-corrected chi connectivity index (χ1v) is 5.16. The summed E-state index contributed by atoms with van der Waals surface area (Å²) in [6, 6.07) is 14.7. The Hall–Kier alpha value is -1.60. The van der Waals surface area contributed by atoms with Gasteiger partial charge in [-0.3, -0.25) is 0 Å². The normalized spacial score (nSPS) is 11.3. The maximum atomic E-state index is 8.66. The van der Waals surface area contributed by atoms with Crippen LogP contribution in [0.5, 0.6) is 0 Å². The van der Waals surface area contributed by atoms with E-state index in [9.17, 15) is 0 Å². The predicted molar refractivity (Wildman–Crippen MR) is 64.7 cm³/mol. The Morgan fingerprint density at radius 3 is 2.60 bits per heavy atom. The fraction of sp³-hybridized carbons (Fsp3) is 0.143. The maximum Gasteiger partial charge on any atom is 0.0465 e. The van der Waals surface area contributed by atoms with E-state index in [4.69, 9.17) is 5.11 Å². The second-order valence-electron chi connectivity index (χ2n) is 3.52. The molecule has 0 aromatic heterocycles. The molecule has 2 aromatic carbocycles. The highest BCUT2D eigenvalue weighted by atomic mass is 16.2. The van der Waals surface area contributed by atoms with Gasteiger partial charge in [0.25, 0.3) is 0 Å². The molecule has 76 valence electrons. The molecular formula is C14H14O. The number of benzene rings is 2. The van der Waals surface area contributed by atoms with Crippen molar-refractivity contribution in [2.75, 3.05) is 6.61 Å². The Labute approximate surface area is 89.7 Å². The summed E-state index contributed by atoms with van der Waals surface area (Å²) in [5.41, 5.74) is 1.18. The van der Waals surface area contributed by atoms with Crippen molar-refractivity contribution in [3.05, 3.63) is 54.1 Å². The van der Waals surface area contributed by atoms with E-state index in [-0.39, 0.29) is 6.61 Å². The van der Waals surface area contributed by atoms with Crippen molar-refractivity contribution in [2.24, 2.45) is 0 Å². The number of hydrogen-bond donors (Lipinski definition) is 1. The SMILES string of the molecule is OCC/C=C/c1ccc2ccccc2c1. The van der Waals surface area contributed by atoms with Gasteiger partial charge in [0.1, 0.15) is 0 Å². The molecule has 0 saturated carbocycles. The number of hydrogen-bond acceptors (Lipinski definition) is 1. The zero-order chi connectivity index (χ0) is 10.5.